The van der Waals surface area contributed by atoms with Crippen molar-refractivity contribution in [2.45, 2.75) is 33.2 Å². The third kappa shape index (κ3) is 3.69. The van der Waals surface area contributed by atoms with E-state index in [-0.39, 0.29) is 17.4 Å². The summed E-state index contributed by atoms with van der Waals surface area (Å²) in [6.45, 7) is 6.00. The maximum atomic E-state index is 11.1. The molecule has 0 aromatic carbocycles. The van der Waals surface area contributed by atoms with Crippen LogP contribution in [0.4, 0.5) is 0 Å². The van der Waals surface area contributed by atoms with Crippen LogP contribution < -0.4 is 11.6 Å². The number of rotatable bonds is 2. The Morgan fingerprint density at radius 2 is 1.92 bits per heavy atom. The normalized spacial score (nSPS) is 14.2. The summed E-state index contributed by atoms with van der Waals surface area (Å²) in [6, 6.07) is -0.143. The zero-order valence-corrected chi connectivity index (χ0v) is 8.29. The SMILES string of the molecule is CN(N)C(=O)CC(N)C(C)(C)C. The van der Waals surface area contributed by atoms with E-state index in [0.29, 0.717) is 6.42 Å². The molecule has 4 heteroatoms. The minimum atomic E-state index is -0.143. The smallest absolute Gasteiger partial charge is 0.237 e. The van der Waals surface area contributed by atoms with Crippen LogP contribution in [0, 0.1) is 5.41 Å². The quantitative estimate of drug-likeness (QED) is 0.353. The molecular weight excluding hydrogens is 154 g/mol. The standard InChI is InChI=1S/C8H19N3O/c1-8(2,3)6(9)5-7(12)11(4)10/h6H,5,9-10H2,1-4H3. The number of hydrogen-bond acceptors (Lipinski definition) is 3. The van der Waals surface area contributed by atoms with Crippen molar-refractivity contribution < 1.29 is 4.79 Å². The van der Waals surface area contributed by atoms with Crippen molar-refractivity contribution >= 4 is 5.91 Å². The summed E-state index contributed by atoms with van der Waals surface area (Å²) in [5.74, 6) is 5.13. The molecule has 4 N–H and O–H groups in total. The number of hydrazine groups is 1. The molecule has 4 nitrogen and oxygen atoms in total. The molecule has 0 saturated heterocycles. The van der Waals surface area contributed by atoms with Crippen LogP contribution in [0.2, 0.25) is 0 Å². The van der Waals surface area contributed by atoms with Crippen LogP contribution in [0.25, 0.3) is 0 Å². The van der Waals surface area contributed by atoms with Crippen molar-refractivity contribution in [2.75, 3.05) is 7.05 Å². The fourth-order valence-electron chi connectivity index (χ4n) is 0.638. The van der Waals surface area contributed by atoms with Crippen LogP contribution in [0.1, 0.15) is 27.2 Å². The molecule has 1 amide bonds. The van der Waals surface area contributed by atoms with Gasteiger partial charge < -0.3 is 5.73 Å². The summed E-state index contributed by atoms with van der Waals surface area (Å²) in [6.07, 6.45) is 0.302. The molecule has 1 unspecified atom stereocenters. The van der Waals surface area contributed by atoms with Crippen molar-refractivity contribution in [3.05, 3.63) is 0 Å². The molecular formula is C8H19N3O. The van der Waals surface area contributed by atoms with Crippen molar-refractivity contribution in [1.82, 2.24) is 5.01 Å². The lowest BCUT2D eigenvalue weighted by atomic mass is 9.85. The zero-order valence-electron chi connectivity index (χ0n) is 8.29. The van der Waals surface area contributed by atoms with Gasteiger partial charge in [0, 0.05) is 19.5 Å². The first-order valence-corrected chi connectivity index (χ1v) is 4.02. The van der Waals surface area contributed by atoms with Crippen LogP contribution in [0.5, 0.6) is 0 Å². The Bertz CT molecular complexity index is 160. The molecule has 12 heavy (non-hydrogen) atoms. The predicted molar refractivity (Wildman–Crippen MR) is 49.0 cm³/mol. The van der Waals surface area contributed by atoms with Crippen LogP contribution in [-0.4, -0.2) is 24.0 Å². The molecule has 72 valence electrons. The molecule has 0 rings (SSSR count). The van der Waals surface area contributed by atoms with Gasteiger partial charge in [-0.15, -0.1) is 0 Å². The molecule has 0 aromatic rings. The average Bonchev–Trinajstić information content (AvgIpc) is 1.85. The van der Waals surface area contributed by atoms with Gasteiger partial charge in [-0.3, -0.25) is 9.80 Å². The van der Waals surface area contributed by atoms with Gasteiger partial charge in [0.15, 0.2) is 0 Å². The van der Waals surface area contributed by atoms with Gasteiger partial charge in [-0.1, -0.05) is 20.8 Å². The summed E-state index contributed by atoms with van der Waals surface area (Å²) >= 11 is 0. The molecule has 0 heterocycles. The van der Waals surface area contributed by atoms with Gasteiger partial charge >= 0.3 is 0 Å². The molecule has 0 spiro atoms. The van der Waals surface area contributed by atoms with Gasteiger partial charge in [-0.25, -0.2) is 5.84 Å². The topological polar surface area (TPSA) is 72.3 Å². The lowest BCUT2D eigenvalue weighted by molar-refractivity contribution is -0.131. The number of amides is 1. The molecule has 0 aromatic heterocycles. The fraction of sp³-hybridized carbons (Fsp3) is 0.875. The first kappa shape index (κ1) is 11.4. The van der Waals surface area contributed by atoms with Crippen molar-refractivity contribution in [3.8, 4) is 0 Å². The van der Waals surface area contributed by atoms with E-state index in [0.717, 1.165) is 5.01 Å². The Balaban J connectivity index is 4.02. The second-order valence-electron chi connectivity index (χ2n) is 4.18. The van der Waals surface area contributed by atoms with Crippen molar-refractivity contribution in [1.29, 1.82) is 0 Å². The van der Waals surface area contributed by atoms with E-state index in [2.05, 4.69) is 0 Å². The monoisotopic (exact) mass is 173 g/mol. The number of nitrogens with two attached hydrogens (primary N) is 2. The van der Waals surface area contributed by atoms with Crippen molar-refractivity contribution in [3.63, 3.8) is 0 Å². The summed E-state index contributed by atoms with van der Waals surface area (Å²) in [5.41, 5.74) is 5.74. The molecule has 0 aliphatic carbocycles. The summed E-state index contributed by atoms with van der Waals surface area (Å²) in [5, 5.41) is 1.08. The molecule has 0 radical (unpaired) electrons. The van der Waals surface area contributed by atoms with E-state index < -0.39 is 0 Å². The van der Waals surface area contributed by atoms with Gasteiger partial charge in [-0.05, 0) is 5.41 Å². The first-order chi connectivity index (χ1) is 5.25. The highest BCUT2D eigenvalue weighted by atomic mass is 16.2. The van der Waals surface area contributed by atoms with Gasteiger partial charge in [-0.2, -0.15) is 0 Å². The Kier molecular flexibility index (Phi) is 3.67. The lowest BCUT2D eigenvalue weighted by Gasteiger charge is -2.27. The highest BCUT2D eigenvalue weighted by Crippen LogP contribution is 2.19. The molecule has 1 atom stereocenters. The van der Waals surface area contributed by atoms with Crippen LogP contribution in [-0.2, 0) is 4.79 Å². The maximum Gasteiger partial charge on any atom is 0.237 e. The van der Waals surface area contributed by atoms with Gasteiger partial charge in [0.05, 0.1) is 0 Å². The van der Waals surface area contributed by atoms with E-state index in [1.54, 1.807) is 0 Å². The number of carbonyl (C=O) groups is 1. The highest BCUT2D eigenvalue weighted by molar-refractivity contribution is 5.75. The van der Waals surface area contributed by atoms with Crippen LogP contribution >= 0.6 is 0 Å². The van der Waals surface area contributed by atoms with E-state index in [1.807, 2.05) is 20.8 Å². The fourth-order valence-corrected chi connectivity index (χ4v) is 0.638. The molecule has 0 bridgehead atoms. The number of nitrogens with zero attached hydrogens (tertiary/aromatic N) is 1. The Labute approximate surface area is 73.9 Å². The molecule has 0 aliphatic heterocycles. The molecule has 0 fully saturated rings. The van der Waals surface area contributed by atoms with Crippen LogP contribution in [0.3, 0.4) is 0 Å². The highest BCUT2D eigenvalue weighted by Gasteiger charge is 2.23. The minimum absolute atomic E-state index is 0.0499. The third-order valence-electron chi connectivity index (χ3n) is 1.90. The molecule has 0 aliphatic rings. The summed E-state index contributed by atoms with van der Waals surface area (Å²) in [4.78, 5) is 11.1. The summed E-state index contributed by atoms with van der Waals surface area (Å²) in [7, 11) is 1.53. The largest absolute Gasteiger partial charge is 0.327 e. The Morgan fingerprint density at radius 3 is 2.17 bits per heavy atom. The van der Waals surface area contributed by atoms with E-state index in [4.69, 9.17) is 11.6 Å². The maximum absolute atomic E-state index is 11.1. The van der Waals surface area contributed by atoms with Crippen LogP contribution in [0.15, 0.2) is 0 Å². The minimum Gasteiger partial charge on any atom is -0.327 e. The van der Waals surface area contributed by atoms with Gasteiger partial charge in [0.1, 0.15) is 0 Å². The lowest BCUT2D eigenvalue weighted by Crippen LogP contribution is -2.42. The number of carbonyl (C=O) groups excluding carboxylic acids is 1. The second-order valence-corrected chi connectivity index (χ2v) is 4.18. The van der Waals surface area contributed by atoms with E-state index in [1.165, 1.54) is 7.05 Å². The number of hydrogen-bond donors (Lipinski definition) is 2. The third-order valence-corrected chi connectivity index (χ3v) is 1.90. The second kappa shape index (κ2) is 3.87. The molecule has 0 saturated carbocycles. The predicted octanol–water partition coefficient (Wildman–Crippen LogP) is 0.0820. The average molecular weight is 173 g/mol. The summed E-state index contributed by atoms with van der Waals surface area (Å²) < 4.78 is 0. The zero-order chi connectivity index (χ0) is 9.94. The van der Waals surface area contributed by atoms with Gasteiger partial charge in [0.2, 0.25) is 5.91 Å². The Hall–Kier alpha value is -0.610. The van der Waals surface area contributed by atoms with E-state index in [9.17, 15) is 4.79 Å². The van der Waals surface area contributed by atoms with E-state index >= 15 is 0 Å². The van der Waals surface area contributed by atoms with Crippen molar-refractivity contribution in [2.24, 2.45) is 17.0 Å². The van der Waals surface area contributed by atoms with Gasteiger partial charge in [0.25, 0.3) is 0 Å². The first-order valence-electron chi connectivity index (χ1n) is 4.02. The Morgan fingerprint density at radius 1 is 1.50 bits per heavy atom.